The Morgan fingerprint density at radius 3 is 2.40 bits per heavy atom. The quantitative estimate of drug-likeness (QED) is 0.188. The summed E-state index contributed by atoms with van der Waals surface area (Å²) in [6.07, 6.45) is 10.3. The van der Waals surface area contributed by atoms with Gasteiger partial charge in [-0.25, -0.2) is 9.69 Å². The standard InChI is InChI=1S/C29H49N7O4/c1-29(24-6-3-4-7-24,22-26(37)36(23-30)25-8-5-9-25)10-11-31-27(35-17-19-39-20-18-35)32-28(38)40-21-16-34-14-12-33(2)13-15-34/h24-25H,3-22H2,1-2H3,(H,31,32,38). The number of ether oxygens (including phenoxy) is 2. The van der Waals surface area contributed by atoms with Crippen molar-refractivity contribution in [3.63, 3.8) is 0 Å². The third kappa shape index (κ3) is 8.54. The summed E-state index contributed by atoms with van der Waals surface area (Å²) < 4.78 is 11.0. The molecule has 1 atom stereocenters. The summed E-state index contributed by atoms with van der Waals surface area (Å²) in [5, 5.41) is 12.6. The van der Waals surface area contributed by atoms with Gasteiger partial charge in [0.1, 0.15) is 6.61 Å². The van der Waals surface area contributed by atoms with Gasteiger partial charge in [0.25, 0.3) is 0 Å². The molecule has 4 aliphatic rings. The molecule has 0 aromatic carbocycles. The summed E-state index contributed by atoms with van der Waals surface area (Å²) in [7, 11) is 2.12. The first-order valence-electron chi connectivity index (χ1n) is 15.3. The number of morpholine rings is 1. The van der Waals surface area contributed by atoms with Gasteiger partial charge in [0.05, 0.1) is 13.2 Å². The lowest BCUT2D eigenvalue weighted by molar-refractivity contribution is -0.134. The number of guanidine groups is 1. The van der Waals surface area contributed by atoms with E-state index in [1.807, 2.05) is 4.90 Å². The Kier molecular flexibility index (Phi) is 11.4. The number of amides is 2. The highest BCUT2D eigenvalue weighted by molar-refractivity contribution is 5.94. The van der Waals surface area contributed by atoms with Gasteiger partial charge >= 0.3 is 6.09 Å². The van der Waals surface area contributed by atoms with Crippen molar-refractivity contribution < 1.29 is 19.1 Å². The number of carbonyl (C=O) groups is 2. The minimum absolute atomic E-state index is 0.0546. The first kappa shape index (κ1) is 30.5. The lowest BCUT2D eigenvalue weighted by atomic mass is 9.70. The van der Waals surface area contributed by atoms with Crippen molar-refractivity contribution in [1.29, 1.82) is 5.26 Å². The Hall–Kier alpha value is -2.42. The van der Waals surface area contributed by atoms with Crippen LogP contribution in [0.1, 0.15) is 64.7 Å². The van der Waals surface area contributed by atoms with E-state index in [1.54, 1.807) is 0 Å². The van der Waals surface area contributed by atoms with Gasteiger partial charge in [0, 0.05) is 64.8 Å². The Balaban J connectivity index is 1.35. The number of alkyl carbamates (subject to hydrolysis) is 1. The van der Waals surface area contributed by atoms with E-state index in [2.05, 4.69) is 35.3 Å². The number of aliphatic imine (C=N–C) groups is 1. The third-order valence-electron chi connectivity index (χ3n) is 9.42. The highest BCUT2D eigenvalue weighted by atomic mass is 16.5. The maximum absolute atomic E-state index is 13.3. The van der Waals surface area contributed by atoms with Crippen LogP contribution in [0.4, 0.5) is 4.79 Å². The highest BCUT2D eigenvalue weighted by Crippen LogP contribution is 2.45. The number of nitrogens with one attached hydrogen (secondary N) is 1. The number of rotatable bonds is 10. The van der Waals surface area contributed by atoms with E-state index in [1.165, 1.54) is 17.7 Å². The molecule has 11 nitrogen and oxygen atoms in total. The SMILES string of the molecule is CN1CCN(CCOC(=O)NC(=NCCC(C)(CC(=O)N(C#N)C2CCC2)C2CCCC2)N2CCOCC2)CC1. The first-order chi connectivity index (χ1) is 19.4. The van der Waals surface area contributed by atoms with Crippen molar-refractivity contribution in [2.24, 2.45) is 16.3 Å². The van der Waals surface area contributed by atoms with Crippen molar-refractivity contribution in [2.45, 2.75) is 70.8 Å². The number of likely N-dealkylation sites (N-methyl/N-ethyl adjacent to an activating group) is 1. The largest absolute Gasteiger partial charge is 0.448 e. The second-order valence-corrected chi connectivity index (χ2v) is 12.2. The first-order valence-corrected chi connectivity index (χ1v) is 15.3. The summed E-state index contributed by atoms with van der Waals surface area (Å²) in [5.74, 6) is 0.898. The maximum atomic E-state index is 13.3. The van der Waals surface area contributed by atoms with Crippen molar-refractivity contribution >= 4 is 18.0 Å². The van der Waals surface area contributed by atoms with E-state index in [0.717, 1.165) is 71.2 Å². The van der Waals surface area contributed by atoms with Crippen LogP contribution >= 0.6 is 0 Å². The zero-order chi connectivity index (χ0) is 28.4. The number of carbonyl (C=O) groups excluding carboxylic acids is 2. The van der Waals surface area contributed by atoms with E-state index in [4.69, 9.17) is 14.5 Å². The van der Waals surface area contributed by atoms with E-state index in [9.17, 15) is 14.9 Å². The molecule has 0 aromatic heterocycles. The molecule has 0 aromatic rings. The van der Waals surface area contributed by atoms with Gasteiger partial charge < -0.3 is 19.3 Å². The molecule has 0 spiro atoms. The number of piperazine rings is 1. The predicted octanol–water partition coefficient (Wildman–Crippen LogP) is 2.49. The fourth-order valence-corrected chi connectivity index (χ4v) is 6.35. The minimum Gasteiger partial charge on any atom is -0.448 e. The van der Waals surface area contributed by atoms with E-state index < -0.39 is 6.09 Å². The molecule has 1 N–H and O–H groups in total. The molecule has 11 heteroatoms. The summed E-state index contributed by atoms with van der Waals surface area (Å²) in [6.45, 7) is 10.2. The molecule has 0 bridgehead atoms. The molecule has 2 saturated carbocycles. The van der Waals surface area contributed by atoms with Crippen LogP contribution in [0.15, 0.2) is 4.99 Å². The molecule has 2 amide bonds. The number of hydrogen-bond acceptors (Lipinski definition) is 8. The normalized spacial score (nSPS) is 23.2. The van der Waals surface area contributed by atoms with Gasteiger partial charge in [0.15, 0.2) is 6.19 Å². The Labute approximate surface area is 239 Å². The van der Waals surface area contributed by atoms with Gasteiger partial charge in [-0.15, -0.1) is 0 Å². The maximum Gasteiger partial charge on any atom is 0.414 e. The summed E-state index contributed by atoms with van der Waals surface area (Å²) >= 11 is 0. The van der Waals surface area contributed by atoms with Crippen molar-refractivity contribution in [3.8, 4) is 6.19 Å². The number of nitriles is 1. The molecule has 4 rings (SSSR count). The van der Waals surface area contributed by atoms with Gasteiger partial charge in [-0.05, 0) is 56.9 Å². The second kappa shape index (κ2) is 15.0. The highest BCUT2D eigenvalue weighted by Gasteiger charge is 2.40. The molecule has 1 unspecified atom stereocenters. The van der Waals surface area contributed by atoms with Crippen LogP contribution in [-0.4, -0.2) is 123 Å². The zero-order valence-corrected chi connectivity index (χ0v) is 24.6. The van der Waals surface area contributed by atoms with Gasteiger partial charge in [-0.2, -0.15) is 5.26 Å². The topological polar surface area (TPSA) is 114 Å². The van der Waals surface area contributed by atoms with Crippen molar-refractivity contribution in [2.75, 3.05) is 79.2 Å². The molecular weight excluding hydrogens is 510 g/mol. The van der Waals surface area contributed by atoms with Crippen molar-refractivity contribution in [3.05, 3.63) is 0 Å². The number of nitrogens with zero attached hydrogens (tertiary/aromatic N) is 6. The average Bonchev–Trinajstić information content (AvgIpc) is 3.48. The minimum atomic E-state index is -0.488. The molecule has 4 fully saturated rings. The molecule has 224 valence electrons. The lowest BCUT2D eigenvalue weighted by Gasteiger charge is -2.38. The second-order valence-electron chi connectivity index (χ2n) is 12.2. The van der Waals surface area contributed by atoms with Crippen LogP contribution in [-0.2, 0) is 14.3 Å². The molecular formula is C29H49N7O4. The van der Waals surface area contributed by atoms with Crippen molar-refractivity contribution in [1.82, 2.24) is 24.9 Å². The lowest BCUT2D eigenvalue weighted by Crippen LogP contribution is -2.50. The monoisotopic (exact) mass is 559 g/mol. The Bertz CT molecular complexity index is 901. The molecule has 2 aliphatic heterocycles. The molecule has 2 aliphatic carbocycles. The van der Waals surface area contributed by atoms with Gasteiger partial charge in [0.2, 0.25) is 11.9 Å². The molecule has 0 radical (unpaired) electrons. The van der Waals surface area contributed by atoms with Crippen LogP contribution in [0.25, 0.3) is 0 Å². The third-order valence-corrected chi connectivity index (χ3v) is 9.42. The summed E-state index contributed by atoms with van der Waals surface area (Å²) in [4.78, 5) is 38.9. The van der Waals surface area contributed by atoms with E-state index in [0.29, 0.717) is 57.8 Å². The van der Waals surface area contributed by atoms with E-state index in [-0.39, 0.29) is 17.4 Å². The smallest absolute Gasteiger partial charge is 0.414 e. The Morgan fingerprint density at radius 2 is 1.77 bits per heavy atom. The zero-order valence-electron chi connectivity index (χ0n) is 24.6. The Morgan fingerprint density at radius 1 is 1.07 bits per heavy atom. The van der Waals surface area contributed by atoms with Gasteiger partial charge in [-0.3, -0.25) is 20.0 Å². The van der Waals surface area contributed by atoms with Crippen LogP contribution < -0.4 is 5.32 Å². The molecule has 40 heavy (non-hydrogen) atoms. The fourth-order valence-electron chi connectivity index (χ4n) is 6.35. The summed E-state index contributed by atoms with van der Waals surface area (Å²) in [6, 6.07) is 0.0720. The van der Waals surface area contributed by atoms with Gasteiger partial charge in [-0.1, -0.05) is 19.8 Å². The van der Waals surface area contributed by atoms with Crippen LogP contribution in [0.2, 0.25) is 0 Å². The van der Waals surface area contributed by atoms with Crippen LogP contribution in [0, 0.1) is 22.8 Å². The van der Waals surface area contributed by atoms with Crippen LogP contribution in [0.3, 0.4) is 0 Å². The summed E-state index contributed by atoms with van der Waals surface area (Å²) in [5.41, 5.74) is -0.241. The molecule has 2 heterocycles. The predicted molar refractivity (Wildman–Crippen MR) is 153 cm³/mol. The van der Waals surface area contributed by atoms with Crippen LogP contribution in [0.5, 0.6) is 0 Å². The van der Waals surface area contributed by atoms with E-state index >= 15 is 0 Å². The average molecular weight is 560 g/mol. The number of hydrogen-bond donors (Lipinski definition) is 1. The fraction of sp³-hybridized carbons (Fsp3) is 0.862. The molecule has 2 saturated heterocycles.